The Morgan fingerprint density at radius 2 is 1.65 bits per heavy atom. The molecule has 3 aromatic rings. The summed E-state index contributed by atoms with van der Waals surface area (Å²) in [5.74, 6) is -5.00. The highest BCUT2D eigenvalue weighted by Crippen LogP contribution is 2.40. The van der Waals surface area contributed by atoms with Gasteiger partial charge >= 0.3 is 24.0 Å². The molecule has 1 fully saturated rings. The summed E-state index contributed by atoms with van der Waals surface area (Å²) in [4.78, 5) is 43.8. The molecule has 1 saturated heterocycles. The van der Waals surface area contributed by atoms with Crippen LogP contribution in [0.5, 0.6) is 0 Å². The zero-order valence-corrected chi connectivity index (χ0v) is 28.5. The molecule has 8 nitrogen and oxygen atoms in total. The van der Waals surface area contributed by atoms with Crippen molar-refractivity contribution in [2.75, 3.05) is 19.6 Å². The van der Waals surface area contributed by atoms with Gasteiger partial charge in [0.05, 0.1) is 18.0 Å². The van der Waals surface area contributed by atoms with Crippen molar-refractivity contribution in [2.45, 2.75) is 84.0 Å². The molecule has 2 atom stereocenters. The van der Waals surface area contributed by atoms with Gasteiger partial charge in [0.1, 0.15) is 17.5 Å². The summed E-state index contributed by atoms with van der Waals surface area (Å²) in [5, 5.41) is 12.0. The number of aliphatic carboxylic acids is 1. The van der Waals surface area contributed by atoms with Crippen molar-refractivity contribution >= 4 is 11.9 Å². The van der Waals surface area contributed by atoms with Crippen LogP contribution in [0.2, 0.25) is 0 Å². The van der Waals surface area contributed by atoms with Crippen molar-refractivity contribution in [2.24, 2.45) is 5.92 Å². The number of hydrogen-bond acceptors (Lipinski definition) is 5. The van der Waals surface area contributed by atoms with Gasteiger partial charge in [0.2, 0.25) is 5.91 Å². The lowest BCUT2D eigenvalue weighted by Gasteiger charge is -2.42. The van der Waals surface area contributed by atoms with Gasteiger partial charge in [-0.05, 0) is 73.9 Å². The Kier molecular flexibility index (Phi) is 11.4. The van der Waals surface area contributed by atoms with Crippen molar-refractivity contribution in [1.82, 2.24) is 19.8 Å². The molecule has 1 aliphatic heterocycles. The number of benzene rings is 2. The predicted octanol–water partition coefficient (Wildman–Crippen LogP) is 7.21. The van der Waals surface area contributed by atoms with Gasteiger partial charge < -0.3 is 10.4 Å². The number of carboxylic acid groups (broad SMARTS) is 1. The average Bonchev–Trinajstić information content (AvgIpc) is 2.97. The molecule has 0 aliphatic carbocycles. The summed E-state index contributed by atoms with van der Waals surface area (Å²) in [6, 6.07) is 2.99. The first-order chi connectivity index (χ1) is 23.5. The van der Waals surface area contributed by atoms with Crippen LogP contribution >= 0.6 is 0 Å². The van der Waals surface area contributed by atoms with E-state index in [0.717, 1.165) is 12.3 Å². The monoisotopic (exact) mass is 730 g/mol. The minimum absolute atomic E-state index is 0.0258. The van der Waals surface area contributed by atoms with E-state index in [0.29, 0.717) is 27.3 Å². The Bertz CT molecular complexity index is 1820. The first kappa shape index (κ1) is 39.4. The molecule has 2 heterocycles. The molecule has 2 aromatic carbocycles. The fourth-order valence-electron chi connectivity index (χ4n) is 6.48. The lowest BCUT2D eigenvalue weighted by molar-refractivity contribution is -0.142. The summed E-state index contributed by atoms with van der Waals surface area (Å²) >= 11 is 0. The van der Waals surface area contributed by atoms with Gasteiger partial charge in [-0.1, -0.05) is 32.0 Å². The molecule has 1 amide bonds. The Balaban J connectivity index is 1.82. The molecule has 4 rings (SSSR count). The van der Waals surface area contributed by atoms with Crippen molar-refractivity contribution < 1.29 is 49.8 Å². The van der Waals surface area contributed by atoms with Gasteiger partial charge in [-0.3, -0.25) is 19.1 Å². The van der Waals surface area contributed by atoms with Crippen LogP contribution in [-0.4, -0.2) is 56.7 Å². The average molecular weight is 731 g/mol. The Hall–Kier alpha value is -4.34. The second-order valence-corrected chi connectivity index (χ2v) is 13.7. The standard InChI is InChI=1S/C35H38F8N4O4/c1-18(2)11-26(47-15-21(9-10-46-16-33(5,37)17-46)30(35(41,42)43)45-32(47)51)31(50)44-25(14-27(48)49)23-12-22(13-24(29(23)36)34(38,39)40)28-19(3)7-6-8-20(28)4/h6-8,12-13,15,18,25-26H,9-11,14,16-17H2,1-5H3,(H,44,50)(H,48,49)/t25-,26-/m0/s1. The zero-order valence-electron chi connectivity index (χ0n) is 28.5. The van der Waals surface area contributed by atoms with Crippen LogP contribution in [0.25, 0.3) is 11.1 Å². The Morgan fingerprint density at radius 3 is 2.16 bits per heavy atom. The molecule has 0 bridgehead atoms. The second-order valence-electron chi connectivity index (χ2n) is 13.7. The number of halogens is 8. The molecule has 16 heteroatoms. The van der Waals surface area contributed by atoms with E-state index in [4.69, 9.17) is 0 Å². The third-order valence-corrected chi connectivity index (χ3v) is 8.68. The van der Waals surface area contributed by atoms with Crippen LogP contribution in [0, 0.1) is 25.6 Å². The fraction of sp³-hybridized carbons (Fsp3) is 0.486. The third-order valence-electron chi connectivity index (χ3n) is 8.68. The predicted molar refractivity (Wildman–Crippen MR) is 171 cm³/mol. The number of rotatable bonds is 12. The van der Waals surface area contributed by atoms with Crippen molar-refractivity contribution in [3.63, 3.8) is 0 Å². The highest BCUT2D eigenvalue weighted by molar-refractivity contribution is 5.82. The van der Waals surface area contributed by atoms with Crippen LogP contribution in [0.1, 0.15) is 79.2 Å². The van der Waals surface area contributed by atoms with Gasteiger partial charge in [0.25, 0.3) is 0 Å². The summed E-state index contributed by atoms with van der Waals surface area (Å²) < 4.78 is 115. The van der Waals surface area contributed by atoms with E-state index >= 15 is 4.39 Å². The number of amides is 1. The second kappa shape index (κ2) is 14.7. The zero-order chi connectivity index (χ0) is 38.2. The number of hydrogen-bond donors (Lipinski definition) is 2. The number of alkyl halides is 7. The van der Waals surface area contributed by atoms with Crippen LogP contribution in [0.15, 0.2) is 41.3 Å². The maximum absolute atomic E-state index is 15.8. The van der Waals surface area contributed by atoms with E-state index in [9.17, 15) is 50.2 Å². The number of nitrogens with one attached hydrogen (secondary N) is 1. The third kappa shape index (κ3) is 9.32. The van der Waals surface area contributed by atoms with E-state index in [1.165, 1.54) is 6.92 Å². The number of likely N-dealkylation sites (tertiary alicyclic amines) is 1. The summed E-state index contributed by atoms with van der Waals surface area (Å²) in [6.45, 7) is 7.76. The highest BCUT2D eigenvalue weighted by atomic mass is 19.4. The molecular weight excluding hydrogens is 692 g/mol. The normalized spacial score (nSPS) is 16.1. The van der Waals surface area contributed by atoms with Crippen LogP contribution in [0.4, 0.5) is 35.1 Å². The summed E-state index contributed by atoms with van der Waals surface area (Å²) in [7, 11) is 0. The Morgan fingerprint density at radius 1 is 1.04 bits per heavy atom. The molecule has 2 N–H and O–H groups in total. The minimum Gasteiger partial charge on any atom is -0.481 e. The van der Waals surface area contributed by atoms with E-state index in [2.05, 4.69) is 10.3 Å². The van der Waals surface area contributed by atoms with Crippen molar-refractivity contribution in [1.29, 1.82) is 0 Å². The van der Waals surface area contributed by atoms with Crippen LogP contribution in [-0.2, 0) is 28.4 Å². The number of carbonyl (C=O) groups is 2. The minimum atomic E-state index is -5.22. The topological polar surface area (TPSA) is 105 Å². The van der Waals surface area contributed by atoms with Crippen molar-refractivity contribution in [3.05, 3.63) is 86.3 Å². The smallest absolute Gasteiger partial charge is 0.433 e. The molecule has 1 aliphatic rings. The largest absolute Gasteiger partial charge is 0.481 e. The highest BCUT2D eigenvalue weighted by Gasteiger charge is 2.41. The maximum Gasteiger partial charge on any atom is 0.433 e. The summed E-state index contributed by atoms with van der Waals surface area (Å²) in [6.07, 6.45) is -11.1. The SMILES string of the molecule is Cc1cccc(C)c1-c1cc([C@H](CC(=O)O)NC(=O)[C@H](CC(C)C)n2cc(CCN3CC(C)(F)C3)c(C(F)(F)F)nc2=O)c(F)c(C(F)(F)F)c1. The van der Waals surface area contributed by atoms with Crippen LogP contribution < -0.4 is 11.0 Å². The first-order valence-electron chi connectivity index (χ1n) is 16.1. The lowest BCUT2D eigenvalue weighted by Crippen LogP contribution is -2.57. The maximum atomic E-state index is 15.8. The molecular formula is C35H38F8N4O4. The van der Waals surface area contributed by atoms with E-state index < -0.39 is 88.2 Å². The lowest BCUT2D eigenvalue weighted by atomic mass is 9.90. The van der Waals surface area contributed by atoms with E-state index in [1.807, 2.05) is 0 Å². The van der Waals surface area contributed by atoms with Gasteiger partial charge in [-0.15, -0.1) is 0 Å². The molecule has 51 heavy (non-hydrogen) atoms. The molecule has 0 unspecified atom stereocenters. The quantitative estimate of drug-likeness (QED) is 0.191. The van der Waals surface area contributed by atoms with Gasteiger partial charge in [0, 0.05) is 37.0 Å². The van der Waals surface area contributed by atoms with Crippen molar-refractivity contribution in [3.8, 4) is 11.1 Å². The Labute approximate surface area is 288 Å². The van der Waals surface area contributed by atoms with Crippen LogP contribution in [0.3, 0.4) is 0 Å². The molecule has 0 spiro atoms. The number of nitrogens with zero attached hydrogens (tertiary/aromatic N) is 3. The van der Waals surface area contributed by atoms with E-state index in [1.54, 1.807) is 50.8 Å². The van der Waals surface area contributed by atoms with Gasteiger partial charge in [0.15, 0.2) is 5.69 Å². The van der Waals surface area contributed by atoms with Gasteiger partial charge in [-0.2, -0.15) is 31.3 Å². The molecule has 0 saturated carbocycles. The first-order valence-corrected chi connectivity index (χ1v) is 16.1. The molecule has 1 aromatic heterocycles. The fourth-order valence-corrected chi connectivity index (χ4v) is 6.48. The number of aromatic nitrogens is 2. The number of carboxylic acids is 1. The molecule has 0 radical (unpaired) electrons. The number of aryl methyl sites for hydroxylation is 2. The number of carbonyl (C=O) groups excluding carboxylic acids is 1. The van der Waals surface area contributed by atoms with E-state index in [-0.39, 0.29) is 38.0 Å². The van der Waals surface area contributed by atoms with Gasteiger partial charge in [-0.25, -0.2) is 13.6 Å². The molecule has 278 valence electrons. The summed E-state index contributed by atoms with van der Waals surface area (Å²) in [5.41, 5.74) is -6.14.